The predicted molar refractivity (Wildman–Crippen MR) is 126 cm³/mol. The SMILES string of the molecule is Cc1nccc2c(C)c(-c3ccc(OC4CCN(C(=O)[C@H]5CCCO5)CC4)cc3)ccc12. The van der Waals surface area contributed by atoms with Crippen molar-refractivity contribution in [3.05, 3.63) is 59.9 Å². The third-order valence-corrected chi connectivity index (χ3v) is 6.84. The summed E-state index contributed by atoms with van der Waals surface area (Å²) in [6.45, 7) is 6.42. The highest BCUT2D eigenvalue weighted by Gasteiger charge is 2.31. The molecule has 2 aromatic carbocycles. The lowest BCUT2D eigenvalue weighted by atomic mass is 9.95. The number of hydrogen-bond donors (Lipinski definition) is 0. The quantitative estimate of drug-likeness (QED) is 0.580. The Hall–Kier alpha value is -2.92. The van der Waals surface area contributed by atoms with Crippen molar-refractivity contribution >= 4 is 16.7 Å². The van der Waals surface area contributed by atoms with E-state index in [-0.39, 0.29) is 18.1 Å². The summed E-state index contributed by atoms with van der Waals surface area (Å²) in [4.78, 5) is 18.9. The number of carbonyl (C=O) groups excluding carboxylic acids is 1. The normalized spacial score (nSPS) is 19.4. The van der Waals surface area contributed by atoms with Gasteiger partial charge in [-0.25, -0.2) is 0 Å². The van der Waals surface area contributed by atoms with Crippen LogP contribution < -0.4 is 4.74 Å². The van der Waals surface area contributed by atoms with E-state index in [4.69, 9.17) is 9.47 Å². The highest BCUT2D eigenvalue weighted by molar-refractivity contribution is 5.92. The van der Waals surface area contributed by atoms with Crippen LogP contribution in [0.2, 0.25) is 0 Å². The molecule has 3 aromatic rings. The van der Waals surface area contributed by atoms with E-state index in [0.717, 1.165) is 50.2 Å². The molecule has 5 nitrogen and oxygen atoms in total. The fraction of sp³-hybridized carbons (Fsp3) is 0.407. The van der Waals surface area contributed by atoms with E-state index in [1.54, 1.807) is 0 Å². The summed E-state index contributed by atoms with van der Waals surface area (Å²) in [5.41, 5.74) is 4.74. The minimum Gasteiger partial charge on any atom is -0.490 e. The summed E-state index contributed by atoms with van der Waals surface area (Å²) >= 11 is 0. The zero-order valence-corrected chi connectivity index (χ0v) is 18.8. The molecule has 0 spiro atoms. The van der Waals surface area contributed by atoms with E-state index in [1.807, 2.05) is 11.1 Å². The van der Waals surface area contributed by atoms with Gasteiger partial charge < -0.3 is 14.4 Å². The molecular weight excluding hydrogens is 400 g/mol. The zero-order chi connectivity index (χ0) is 22.1. The molecule has 2 aliphatic rings. The summed E-state index contributed by atoms with van der Waals surface area (Å²) in [6, 6.07) is 14.8. The molecule has 32 heavy (non-hydrogen) atoms. The summed E-state index contributed by atoms with van der Waals surface area (Å²) in [6.07, 6.45) is 5.36. The van der Waals surface area contributed by atoms with Crippen molar-refractivity contribution in [3.8, 4) is 16.9 Å². The van der Waals surface area contributed by atoms with Gasteiger partial charge in [0.2, 0.25) is 0 Å². The van der Waals surface area contributed by atoms with Crippen molar-refractivity contribution in [1.82, 2.24) is 9.88 Å². The van der Waals surface area contributed by atoms with Crippen molar-refractivity contribution < 1.29 is 14.3 Å². The second-order valence-corrected chi connectivity index (χ2v) is 8.90. The lowest BCUT2D eigenvalue weighted by Crippen LogP contribution is -2.45. The standard InChI is InChI=1S/C27H30N2O3/c1-18-23(9-10-25-19(2)28-14-11-24(18)25)20-5-7-21(8-6-20)32-22-12-15-29(16-13-22)27(30)26-4-3-17-31-26/h5-11,14,22,26H,3-4,12-13,15-17H2,1-2H3/t26-/m1/s1. The fourth-order valence-corrected chi connectivity index (χ4v) is 4.94. The third kappa shape index (κ3) is 4.09. The van der Waals surface area contributed by atoms with Gasteiger partial charge in [0, 0.05) is 49.8 Å². The van der Waals surface area contributed by atoms with E-state index >= 15 is 0 Å². The first-order valence-electron chi connectivity index (χ1n) is 11.6. The van der Waals surface area contributed by atoms with Gasteiger partial charge in [-0.05, 0) is 67.0 Å². The number of likely N-dealkylation sites (tertiary alicyclic amines) is 1. The molecule has 0 aliphatic carbocycles. The van der Waals surface area contributed by atoms with Gasteiger partial charge in [0.05, 0.1) is 0 Å². The van der Waals surface area contributed by atoms with Crippen molar-refractivity contribution in [3.63, 3.8) is 0 Å². The van der Waals surface area contributed by atoms with E-state index in [9.17, 15) is 4.79 Å². The van der Waals surface area contributed by atoms with Crippen LogP contribution in [0.4, 0.5) is 0 Å². The largest absolute Gasteiger partial charge is 0.490 e. The van der Waals surface area contributed by atoms with Crippen molar-refractivity contribution in [1.29, 1.82) is 0 Å². The maximum Gasteiger partial charge on any atom is 0.251 e. The number of carbonyl (C=O) groups is 1. The Kier molecular flexibility index (Phi) is 5.83. The van der Waals surface area contributed by atoms with Crippen molar-refractivity contribution in [2.24, 2.45) is 0 Å². The molecule has 166 valence electrons. The third-order valence-electron chi connectivity index (χ3n) is 6.84. The topological polar surface area (TPSA) is 51.7 Å². The van der Waals surface area contributed by atoms with Gasteiger partial charge in [0.25, 0.3) is 5.91 Å². The molecule has 0 N–H and O–H groups in total. The van der Waals surface area contributed by atoms with E-state index in [2.05, 4.69) is 61.3 Å². The number of rotatable bonds is 4. The molecule has 5 heteroatoms. The van der Waals surface area contributed by atoms with E-state index in [0.29, 0.717) is 6.61 Å². The highest BCUT2D eigenvalue weighted by atomic mass is 16.5. The monoisotopic (exact) mass is 430 g/mol. The maximum atomic E-state index is 12.5. The number of fused-ring (bicyclic) bond motifs is 1. The van der Waals surface area contributed by atoms with Gasteiger partial charge in [-0.1, -0.05) is 24.3 Å². The van der Waals surface area contributed by atoms with Crippen LogP contribution in [0, 0.1) is 13.8 Å². The molecule has 1 amide bonds. The molecule has 0 radical (unpaired) electrons. The maximum absolute atomic E-state index is 12.5. The molecule has 2 aliphatic heterocycles. The fourth-order valence-electron chi connectivity index (χ4n) is 4.94. The number of amides is 1. The molecule has 1 atom stereocenters. The van der Waals surface area contributed by atoms with Crippen LogP contribution in [-0.2, 0) is 9.53 Å². The number of nitrogens with zero attached hydrogens (tertiary/aromatic N) is 2. The lowest BCUT2D eigenvalue weighted by molar-refractivity contribution is -0.142. The molecule has 5 rings (SSSR count). The van der Waals surface area contributed by atoms with Crippen LogP contribution in [0.1, 0.15) is 36.9 Å². The lowest BCUT2D eigenvalue weighted by Gasteiger charge is -2.33. The van der Waals surface area contributed by atoms with Crippen LogP contribution in [0.25, 0.3) is 21.9 Å². The first kappa shape index (κ1) is 21.0. The van der Waals surface area contributed by atoms with E-state index < -0.39 is 0 Å². The molecule has 3 heterocycles. The second-order valence-electron chi connectivity index (χ2n) is 8.90. The summed E-state index contributed by atoms with van der Waals surface area (Å²) in [7, 11) is 0. The van der Waals surface area contributed by atoms with Crippen LogP contribution >= 0.6 is 0 Å². The molecule has 2 saturated heterocycles. The van der Waals surface area contributed by atoms with E-state index in [1.165, 1.54) is 27.5 Å². The summed E-state index contributed by atoms with van der Waals surface area (Å²) < 4.78 is 11.8. The van der Waals surface area contributed by atoms with Gasteiger partial charge in [0.1, 0.15) is 18.0 Å². The van der Waals surface area contributed by atoms with Crippen molar-refractivity contribution in [2.75, 3.05) is 19.7 Å². The smallest absolute Gasteiger partial charge is 0.251 e. The number of ether oxygens (including phenoxy) is 2. The average molecular weight is 431 g/mol. The van der Waals surface area contributed by atoms with Gasteiger partial charge in [-0.15, -0.1) is 0 Å². The first-order chi connectivity index (χ1) is 15.6. The number of aromatic nitrogens is 1. The zero-order valence-electron chi connectivity index (χ0n) is 18.8. The highest BCUT2D eigenvalue weighted by Crippen LogP contribution is 2.32. The minimum atomic E-state index is -0.223. The Balaban J connectivity index is 1.23. The van der Waals surface area contributed by atoms with Gasteiger partial charge in [-0.3, -0.25) is 9.78 Å². The number of pyridine rings is 1. The Bertz CT molecular complexity index is 1110. The Labute approximate surface area is 189 Å². The second kappa shape index (κ2) is 8.91. The number of hydrogen-bond acceptors (Lipinski definition) is 4. The van der Waals surface area contributed by atoms with Crippen LogP contribution in [0.15, 0.2) is 48.7 Å². The molecule has 2 fully saturated rings. The first-order valence-corrected chi connectivity index (χ1v) is 11.6. The Morgan fingerprint density at radius 1 is 1.00 bits per heavy atom. The molecular formula is C27H30N2O3. The average Bonchev–Trinajstić information content (AvgIpc) is 3.36. The number of piperidine rings is 1. The molecule has 0 saturated carbocycles. The van der Waals surface area contributed by atoms with Gasteiger partial charge in [0.15, 0.2) is 0 Å². The molecule has 0 bridgehead atoms. The predicted octanol–water partition coefficient (Wildman–Crippen LogP) is 5.07. The van der Waals surface area contributed by atoms with Crippen LogP contribution in [0.5, 0.6) is 5.75 Å². The Morgan fingerprint density at radius 2 is 1.78 bits per heavy atom. The molecule has 1 aromatic heterocycles. The minimum absolute atomic E-state index is 0.146. The van der Waals surface area contributed by atoms with Crippen LogP contribution in [-0.4, -0.2) is 47.7 Å². The number of benzene rings is 2. The number of aryl methyl sites for hydroxylation is 2. The van der Waals surface area contributed by atoms with Crippen molar-refractivity contribution in [2.45, 2.75) is 51.7 Å². The van der Waals surface area contributed by atoms with Crippen LogP contribution in [0.3, 0.4) is 0 Å². The van der Waals surface area contributed by atoms with Gasteiger partial charge >= 0.3 is 0 Å². The molecule has 0 unspecified atom stereocenters. The Morgan fingerprint density at radius 3 is 2.50 bits per heavy atom. The van der Waals surface area contributed by atoms with Gasteiger partial charge in [-0.2, -0.15) is 0 Å². The summed E-state index contributed by atoms with van der Waals surface area (Å²) in [5, 5.41) is 2.46. The summed E-state index contributed by atoms with van der Waals surface area (Å²) in [5.74, 6) is 1.04.